The molecule has 1 saturated heterocycles. The largest absolute Gasteiger partial charge is 0.348 e. The standard InChI is InChI=1S/C26H25N3OS/c27-17-22-7-1-3-9-24(22)31-25-10-4-2-8-23(25)26(30)28-18-20-11-13-21(14-12-20)19-29-15-5-6-16-29/h1-4,7-14H,5-6,15-16,18-19H2,(H,28,30). The van der Waals surface area contributed by atoms with Crippen molar-refractivity contribution in [3.8, 4) is 6.07 Å². The van der Waals surface area contributed by atoms with E-state index in [1.54, 1.807) is 6.07 Å². The van der Waals surface area contributed by atoms with Gasteiger partial charge in [-0.2, -0.15) is 5.26 Å². The fourth-order valence-electron chi connectivity index (χ4n) is 3.75. The molecule has 0 radical (unpaired) electrons. The van der Waals surface area contributed by atoms with E-state index >= 15 is 0 Å². The van der Waals surface area contributed by atoms with Crippen LogP contribution in [0.1, 0.15) is 39.9 Å². The Morgan fingerprint density at radius 2 is 1.55 bits per heavy atom. The van der Waals surface area contributed by atoms with Gasteiger partial charge in [0.25, 0.3) is 5.91 Å². The predicted molar refractivity (Wildman–Crippen MR) is 124 cm³/mol. The lowest BCUT2D eigenvalue weighted by Gasteiger charge is -2.15. The minimum Gasteiger partial charge on any atom is -0.348 e. The van der Waals surface area contributed by atoms with Crippen molar-refractivity contribution in [3.05, 3.63) is 95.1 Å². The molecule has 0 aromatic heterocycles. The fraction of sp³-hybridized carbons (Fsp3) is 0.231. The summed E-state index contributed by atoms with van der Waals surface area (Å²) < 4.78 is 0. The third-order valence-electron chi connectivity index (χ3n) is 5.44. The molecule has 0 unspecified atom stereocenters. The summed E-state index contributed by atoms with van der Waals surface area (Å²) in [6.07, 6.45) is 2.60. The monoisotopic (exact) mass is 427 g/mol. The van der Waals surface area contributed by atoms with Gasteiger partial charge in [0.05, 0.1) is 11.1 Å². The van der Waals surface area contributed by atoms with Crippen LogP contribution in [0, 0.1) is 11.3 Å². The highest BCUT2D eigenvalue weighted by atomic mass is 32.2. The lowest BCUT2D eigenvalue weighted by molar-refractivity contribution is 0.0948. The zero-order valence-electron chi connectivity index (χ0n) is 17.4. The van der Waals surface area contributed by atoms with Crippen molar-refractivity contribution in [3.63, 3.8) is 0 Å². The van der Waals surface area contributed by atoms with Gasteiger partial charge in [0.1, 0.15) is 6.07 Å². The quantitative estimate of drug-likeness (QED) is 0.561. The second-order valence-corrected chi connectivity index (χ2v) is 8.77. The van der Waals surface area contributed by atoms with E-state index in [1.807, 2.05) is 42.5 Å². The number of hydrogen-bond acceptors (Lipinski definition) is 4. The van der Waals surface area contributed by atoms with Crippen molar-refractivity contribution in [1.82, 2.24) is 10.2 Å². The van der Waals surface area contributed by atoms with Crippen LogP contribution in [0.15, 0.2) is 82.6 Å². The Kier molecular flexibility index (Phi) is 7.03. The van der Waals surface area contributed by atoms with Gasteiger partial charge in [-0.1, -0.05) is 60.3 Å². The first-order valence-corrected chi connectivity index (χ1v) is 11.4. The van der Waals surface area contributed by atoms with Crippen molar-refractivity contribution >= 4 is 17.7 Å². The Labute approximate surface area is 187 Å². The van der Waals surface area contributed by atoms with E-state index in [0.717, 1.165) is 21.9 Å². The van der Waals surface area contributed by atoms with E-state index in [4.69, 9.17) is 0 Å². The minimum absolute atomic E-state index is 0.112. The molecule has 0 bridgehead atoms. The van der Waals surface area contributed by atoms with Gasteiger partial charge in [0.2, 0.25) is 0 Å². The van der Waals surface area contributed by atoms with E-state index in [9.17, 15) is 10.1 Å². The normalized spacial score (nSPS) is 13.6. The molecule has 3 aromatic rings. The van der Waals surface area contributed by atoms with Gasteiger partial charge < -0.3 is 5.32 Å². The third kappa shape index (κ3) is 5.55. The summed E-state index contributed by atoms with van der Waals surface area (Å²) in [7, 11) is 0. The van der Waals surface area contributed by atoms with Crippen LogP contribution in [0.25, 0.3) is 0 Å². The number of nitrogens with one attached hydrogen (secondary N) is 1. The average Bonchev–Trinajstić information content (AvgIpc) is 3.32. The molecule has 0 aliphatic carbocycles. The van der Waals surface area contributed by atoms with Gasteiger partial charge >= 0.3 is 0 Å². The van der Waals surface area contributed by atoms with Gasteiger partial charge in [-0.15, -0.1) is 0 Å². The Morgan fingerprint density at radius 3 is 2.29 bits per heavy atom. The molecule has 31 heavy (non-hydrogen) atoms. The van der Waals surface area contributed by atoms with Crippen molar-refractivity contribution in [2.24, 2.45) is 0 Å². The lowest BCUT2D eigenvalue weighted by Crippen LogP contribution is -2.23. The van der Waals surface area contributed by atoms with Crippen LogP contribution in [-0.4, -0.2) is 23.9 Å². The topological polar surface area (TPSA) is 56.1 Å². The smallest absolute Gasteiger partial charge is 0.252 e. The first-order chi connectivity index (χ1) is 15.2. The molecular weight excluding hydrogens is 402 g/mol. The number of hydrogen-bond donors (Lipinski definition) is 1. The van der Waals surface area contributed by atoms with E-state index in [-0.39, 0.29) is 5.91 Å². The molecule has 4 rings (SSSR count). The average molecular weight is 428 g/mol. The van der Waals surface area contributed by atoms with Crippen LogP contribution in [0.3, 0.4) is 0 Å². The van der Waals surface area contributed by atoms with Gasteiger partial charge in [0, 0.05) is 22.9 Å². The predicted octanol–water partition coefficient (Wildman–Crippen LogP) is 5.24. The third-order valence-corrected chi connectivity index (χ3v) is 6.59. The fourth-order valence-corrected chi connectivity index (χ4v) is 4.77. The number of rotatable bonds is 7. The second-order valence-electron chi connectivity index (χ2n) is 7.69. The summed E-state index contributed by atoms with van der Waals surface area (Å²) in [5.74, 6) is -0.112. The summed E-state index contributed by atoms with van der Waals surface area (Å²) >= 11 is 1.44. The zero-order chi connectivity index (χ0) is 21.5. The van der Waals surface area contributed by atoms with Gasteiger partial charge in [0.15, 0.2) is 0 Å². The molecule has 1 fully saturated rings. The molecule has 1 N–H and O–H groups in total. The summed E-state index contributed by atoms with van der Waals surface area (Å²) in [5, 5.41) is 12.4. The van der Waals surface area contributed by atoms with Gasteiger partial charge in [-0.25, -0.2) is 0 Å². The zero-order valence-corrected chi connectivity index (χ0v) is 18.2. The molecular formula is C26H25N3OS. The Morgan fingerprint density at radius 1 is 0.903 bits per heavy atom. The number of carbonyl (C=O) groups is 1. The van der Waals surface area contributed by atoms with Gasteiger partial charge in [-0.3, -0.25) is 9.69 Å². The maximum atomic E-state index is 12.9. The summed E-state index contributed by atoms with van der Waals surface area (Å²) in [6, 6.07) is 25.7. The number of amides is 1. The minimum atomic E-state index is -0.112. The van der Waals surface area contributed by atoms with Crippen LogP contribution in [0.5, 0.6) is 0 Å². The molecule has 5 heteroatoms. The maximum absolute atomic E-state index is 12.9. The number of carbonyl (C=O) groups excluding carboxylic acids is 1. The number of nitriles is 1. The van der Waals surface area contributed by atoms with Crippen molar-refractivity contribution in [2.75, 3.05) is 13.1 Å². The van der Waals surface area contributed by atoms with Crippen LogP contribution in [-0.2, 0) is 13.1 Å². The molecule has 1 heterocycles. The number of likely N-dealkylation sites (tertiary alicyclic amines) is 1. The Hall–Kier alpha value is -3.07. The van der Waals surface area contributed by atoms with E-state index in [2.05, 4.69) is 40.6 Å². The van der Waals surface area contributed by atoms with Crippen LogP contribution in [0.2, 0.25) is 0 Å². The first-order valence-electron chi connectivity index (χ1n) is 10.6. The van der Waals surface area contributed by atoms with Crippen LogP contribution < -0.4 is 5.32 Å². The SMILES string of the molecule is N#Cc1ccccc1Sc1ccccc1C(=O)NCc1ccc(CN2CCCC2)cc1. The van der Waals surface area contributed by atoms with Crippen LogP contribution >= 0.6 is 11.8 Å². The number of benzene rings is 3. The van der Waals surface area contributed by atoms with E-state index in [1.165, 1.54) is 43.3 Å². The maximum Gasteiger partial charge on any atom is 0.252 e. The lowest BCUT2D eigenvalue weighted by atomic mass is 10.1. The summed E-state index contributed by atoms with van der Waals surface area (Å²) in [5.41, 5.74) is 3.62. The van der Waals surface area contributed by atoms with Crippen LogP contribution in [0.4, 0.5) is 0 Å². The van der Waals surface area contributed by atoms with Gasteiger partial charge in [-0.05, 0) is 61.3 Å². The Balaban J connectivity index is 1.39. The highest BCUT2D eigenvalue weighted by Gasteiger charge is 2.14. The molecule has 0 spiro atoms. The van der Waals surface area contributed by atoms with Crippen molar-refractivity contribution in [1.29, 1.82) is 5.26 Å². The Bertz CT molecular complexity index is 1080. The highest BCUT2D eigenvalue weighted by molar-refractivity contribution is 7.99. The summed E-state index contributed by atoms with van der Waals surface area (Å²) in [6.45, 7) is 3.86. The molecule has 1 amide bonds. The molecule has 0 atom stereocenters. The molecule has 1 aliphatic rings. The van der Waals surface area contributed by atoms with E-state index in [0.29, 0.717) is 17.7 Å². The molecule has 4 nitrogen and oxygen atoms in total. The highest BCUT2D eigenvalue weighted by Crippen LogP contribution is 2.32. The number of nitrogens with zero attached hydrogens (tertiary/aromatic N) is 2. The molecule has 156 valence electrons. The van der Waals surface area contributed by atoms with E-state index < -0.39 is 0 Å². The molecule has 3 aromatic carbocycles. The van der Waals surface area contributed by atoms with Crippen molar-refractivity contribution in [2.45, 2.75) is 35.7 Å². The molecule has 0 saturated carbocycles. The summed E-state index contributed by atoms with van der Waals surface area (Å²) in [4.78, 5) is 17.0. The second kappa shape index (κ2) is 10.3. The molecule has 1 aliphatic heterocycles. The van der Waals surface area contributed by atoms with Crippen molar-refractivity contribution < 1.29 is 4.79 Å². The first kappa shape index (κ1) is 21.2.